The van der Waals surface area contributed by atoms with Gasteiger partial charge in [0.15, 0.2) is 0 Å². The zero-order valence-corrected chi connectivity index (χ0v) is 6.61. The van der Waals surface area contributed by atoms with Crippen LogP contribution in [-0.2, 0) is 0 Å². The van der Waals surface area contributed by atoms with E-state index in [1.165, 1.54) is 0 Å². The molecule has 0 saturated carbocycles. The Balaban J connectivity index is 0. The quantitative estimate of drug-likeness (QED) is 0.568. The van der Waals surface area contributed by atoms with Crippen molar-refractivity contribution in [1.29, 1.82) is 0 Å². The molecule has 0 fully saturated rings. The lowest BCUT2D eigenvalue weighted by Crippen LogP contribution is -2.29. The summed E-state index contributed by atoms with van der Waals surface area (Å²) in [6, 6.07) is -0.432. The van der Waals surface area contributed by atoms with Crippen LogP contribution in [0.15, 0.2) is 0 Å². The number of primary amides is 1. The van der Waals surface area contributed by atoms with Gasteiger partial charge in [0.05, 0.1) is 0 Å². The summed E-state index contributed by atoms with van der Waals surface area (Å²) >= 11 is 0. The smallest absolute Gasteiger partial charge is 0.312 e. The highest BCUT2D eigenvalue weighted by molar-refractivity contribution is 7.59. The number of hydrogen-bond acceptors (Lipinski definition) is 1. The third-order valence-electron chi connectivity index (χ3n) is 0.830. The first-order chi connectivity index (χ1) is 3.77. The number of carbonyl (C=O) groups excluding carboxylic acids is 1. The van der Waals surface area contributed by atoms with Crippen LogP contribution >= 0.6 is 13.5 Å². The third kappa shape index (κ3) is 11.3. The molecule has 0 radical (unpaired) electrons. The molecule has 4 heteroatoms. The maximum Gasteiger partial charge on any atom is 0.312 e. The van der Waals surface area contributed by atoms with Crippen LogP contribution in [0.3, 0.4) is 0 Å². The molecule has 0 rings (SSSR count). The Kier molecular flexibility index (Phi) is 9.67. The van der Waals surface area contributed by atoms with Crippen LogP contribution in [0.5, 0.6) is 0 Å². The average Bonchev–Trinajstić information content (AvgIpc) is 1.66. The van der Waals surface area contributed by atoms with Gasteiger partial charge in [-0.15, -0.1) is 0 Å². The number of nitrogens with one attached hydrogen (secondary N) is 1. The summed E-state index contributed by atoms with van der Waals surface area (Å²) < 4.78 is 0. The van der Waals surface area contributed by atoms with Crippen LogP contribution in [0.4, 0.5) is 4.79 Å². The zero-order chi connectivity index (χ0) is 6.41. The van der Waals surface area contributed by atoms with Crippen LogP contribution in [0, 0.1) is 0 Å². The van der Waals surface area contributed by atoms with Crippen molar-refractivity contribution in [3.63, 3.8) is 0 Å². The van der Waals surface area contributed by atoms with Crippen LogP contribution in [0.1, 0.15) is 19.8 Å². The Labute approximate surface area is 62.4 Å². The minimum Gasteiger partial charge on any atom is -0.352 e. The van der Waals surface area contributed by atoms with Crippen molar-refractivity contribution in [1.82, 2.24) is 5.32 Å². The molecule has 56 valence electrons. The first-order valence-electron chi connectivity index (χ1n) is 2.80. The fourth-order valence-corrected chi connectivity index (χ4v) is 0.388. The molecular weight excluding hydrogens is 136 g/mol. The molecule has 9 heavy (non-hydrogen) atoms. The third-order valence-corrected chi connectivity index (χ3v) is 0.830. The molecule has 0 bridgehead atoms. The Bertz CT molecular complexity index is 77.4. The second-order valence-corrected chi connectivity index (χ2v) is 1.64. The predicted molar refractivity (Wildman–Crippen MR) is 42.9 cm³/mol. The highest BCUT2D eigenvalue weighted by atomic mass is 32.1. The zero-order valence-electron chi connectivity index (χ0n) is 5.61. The molecule has 0 aromatic rings. The van der Waals surface area contributed by atoms with Gasteiger partial charge in [0.2, 0.25) is 0 Å². The molecule has 0 heterocycles. The molecule has 0 aromatic heterocycles. The molecule has 2 amide bonds. The van der Waals surface area contributed by atoms with Gasteiger partial charge in [-0.3, -0.25) is 0 Å². The maximum atomic E-state index is 9.99. The van der Waals surface area contributed by atoms with E-state index in [1.54, 1.807) is 0 Å². The van der Waals surface area contributed by atoms with Gasteiger partial charge >= 0.3 is 6.03 Å². The van der Waals surface area contributed by atoms with E-state index >= 15 is 0 Å². The second kappa shape index (κ2) is 7.62. The molecule has 0 atom stereocenters. The molecule has 0 spiro atoms. The summed E-state index contributed by atoms with van der Waals surface area (Å²) in [7, 11) is 0. The Morgan fingerprint density at radius 2 is 2.22 bits per heavy atom. The van der Waals surface area contributed by atoms with Gasteiger partial charge in [-0.2, -0.15) is 13.5 Å². The number of amides is 2. The van der Waals surface area contributed by atoms with Gasteiger partial charge in [-0.05, 0) is 6.42 Å². The van der Waals surface area contributed by atoms with Crippen molar-refractivity contribution >= 4 is 19.5 Å². The van der Waals surface area contributed by atoms with Gasteiger partial charge in [0, 0.05) is 6.54 Å². The maximum absolute atomic E-state index is 9.99. The number of hydrogen-bond donors (Lipinski definition) is 2. The van der Waals surface area contributed by atoms with Crippen LogP contribution in [0.2, 0.25) is 0 Å². The molecule has 0 aromatic carbocycles. The lowest BCUT2D eigenvalue weighted by atomic mass is 10.3. The first kappa shape index (κ1) is 11.4. The van der Waals surface area contributed by atoms with E-state index in [2.05, 4.69) is 12.2 Å². The first-order valence-corrected chi connectivity index (χ1v) is 2.80. The molecule has 0 aliphatic carbocycles. The fraction of sp³-hybridized carbons (Fsp3) is 0.800. The van der Waals surface area contributed by atoms with Crippen LogP contribution < -0.4 is 11.1 Å². The molecule has 0 unspecified atom stereocenters. The fourth-order valence-electron chi connectivity index (χ4n) is 0.388. The number of rotatable bonds is 3. The van der Waals surface area contributed by atoms with E-state index in [1.807, 2.05) is 0 Å². The number of carbonyl (C=O) groups is 1. The predicted octanol–water partition coefficient (Wildman–Crippen LogP) is 0.568. The van der Waals surface area contributed by atoms with Crippen molar-refractivity contribution in [2.24, 2.45) is 5.73 Å². The van der Waals surface area contributed by atoms with Gasteiger partial charge in [-0.1, -0.05) is 13.3 Å². The Morgan fingerprint density at radius 3 is 2.56 bits per heavy atom. The summed E-state index contributed by atoms with van der Waals surface area (Å²) in [5, 5.41) is 2.49. The molecule has 0 aliphatic rings. The summed E-state index contributed by atoms with van der Waals surface area (Å²) in [5.74, 6) is 0. The van der Waals surface area contributed by atoms with Gasteiger partial charge < -0.3 is 11.1 Å². The molecule has 0 aliphatic heterocycles. The van der Waals surface area contributed by atoms with E-state index in [0.29, 0.717) is 6.54 Å². The summed E-state index contributed by atoms with van der Waals surface area (Å²) in [6.45, 7) is 2.76. The Morgan fingerprint density at radius 1 is 1.67 bits per heavy atom. The largest absolute Gasteiger partial charge is 0.352 e. The normalized spacial score (nSPS) is 7.67. The van der Waals surface area contributed by atoms with Crippen LogP contribution in [-0.4, -0.2) is 12.6 Å². The minimum absolute atomic E-state index is 0. The van der Waals surface area contributed by atoms with Gasteiger partial charge in [0.1, 0.15) is 0 Å². The number of urea groups is 1. The molecule has 3 nitrogen and oxygen atoms in total. The summed E-state index contributed by atoms with van der Waals surface area (Å²) in [4.78, 5) is 9.99. The SMILES string of the molecule is CCCCNC(N)=O.S. The molecule has 0 saturated heterocycles. The van der Waals surface area contributed by atoms with E-state index in [9.17, 15) is 4.79 Å². The monoisotopic (exact) mass is 150 g/mol. The van der Waals surface area contributed by atoms with E-state index in [0.717, 1.165) is 12.8 Å². The van der Waals surface area contributed by atoms with E-state index in [-0.39, 0.29) is 13.5 Å². The van der Waals surface area contributed by atoms with Crippen molar-refractivity contribution in [3.8, 4) is 0 Å². The van der Waals surface area contributed by atoms with Crippen molar-refractivity contribution in [2.45, 2.75) is 19.8 Å². The van der Waals surface area contributed by atoms with Gasteiger partial charge in [-0.25, -0.2) is 4.79 Å². The van der Waals surface area contributed by atoms with Crippen molar-refractivity contribution < 1.29 is 4.79 Å². The average molecular weight is 150 g/mol. The lowest BCUT2D eigenvalue weighted by molar-refractivity contribution is 0.249. The van der Waals surface area contributed by atoms with Gasteiger partial charge in [0.25, 0.3) is 0 Å². The number of unbranched alkanes of at least 4 members (excludes halogenated alkanes) is 1. The second-order valence-electron chi connectivity index (χ2n) is 1.64. The van der Waals surface area contributed by atoms with E-state index in [4.69, 9.17) is 5.73 Å². The summed E-state index contributed by atoms with van der Waals surface area (Å²) in [5.41, 5.74) is 4.78. The number of nitrogens with two attached hydrogens (primary N) is 1. The Hall–Kier alpha value is -0.380. The van der Waals surface area contributed by atoms with Crippen molar-refractivity contribution in [3.05, 3.63) is 0 Å². The minimum atomic E-state index is -0.432. The van der Waals surface area contributed by atoms with E-state index < -0.39 is 6.03 Å². The van der Waals surface area contributed by atoms with Crippen molar-refractivity contribution in [2.75, 3.05) is 6.54 Å². The lowest BCUT2D eigenvalue weighted by Gasteiger charge is -1.96. The molecular formula is C5H14N2OS. The van der Waals surface area contributed by atoms with Crippen LogP contribution in [0.25, 0.3) is 0 Å². The molecule has 3 N–H and O–H groups in total. The highest BCUT2D eigenvalue weighted by Crippen LogP contribution is 1.80. The summed E-state index contributed by atoms with van der Waals surface area (Å²) in [6.07, 6.45) is 2.09. The topological polar surface area (TPSA) is 55.1 Å². The standard InChI is InChI=1S/C5H12N2O.H2S/c1-2-3-4-7-5(6)8;/h2-4H2,1H3,(H3,6,7,8);1H2. The highest BCUT2D eigenvalue weighted by Gasteiger charge is 1.86.